The summed E-state index contributed by atoms with van der Waals surface area (Å²) in [5, 5.41) is 4.08. The lowest BCUT2D eigenvalue weighted by Crippen LogP contribution is -2.24. The molecule has 4 nitrogen and oxygen atoms in total. The summed E-state index contributed by atoms with van der Waals surface area (Å²) in [4.78, 5) is 12.6. The van der Waals surface area contributed by atoms with Crippen LogP contribution in [0.4, 0.5) is 0 Å². The van der Waals surface area contributed by atoms with Gasteiger partial charge in [0.05, 0.1) is 18.9 Å². The van der Waals surface area contributed by atoms with Gasteiger partial charge in [-0.05, 0) is 57.4 Å². The van der Waals surface area contributed by atoms with Gasteiger partial charge < -0.3 is 14.5 Å². The molecule has 1 unspecified atom stereocenters. The molecule has 0 radical (unpaired) electrons. The highest BCUT2D eigenvalue weighted by atomic mass is 16.5. The second-order valence-corrected chi connectivity index (χ2v) is 7.07. The van der Waals surface area contributed by atoms with Crippen molar-refractivity contribution in [2.24, 2.45) is 0 Å². The number of nitrogens with one attached hydrogen (secondary N) is 1. The molecular formula is C24H27NO3. The minimum atomic E-state index is -0.127. The van der Waals surface area contributed by atoms with E-state index in [1.54, 1.807) is 12.3 Å². The molecule has 1 atom stereocenters. The van der Waals surface area contributed by atoms with Crippen molar-refractivity contribution in [1.82, 2.24) is 5.32 Å². The van der Waals surface area contributed by atoms with Crippen molar-refractivity contribution in [2.75, 3.05) is 6.61 Å². The molecule has 1 heterocycles. The average molecular weight is 377 g/mol. The molecule has 0 bridgehead atoms. The van der Waals surface area contributed by atoms with Crippen LogP contribution in [0.2, 0.25) is 0 Å². The number of rotatable bonds is 6. The van der Waals surface area contributed by atoms with E-state index in [1.165, 1.54) is 0 Å². The average Bonchev–Trinajstić information content (AvgIpc) is 3.05. The minimum Gasteiger partial charge on any atom is -0.493 e. The fraction of sp³-hybridized carbons (Fsp3) is 0.292. The third-order valence-corrected chi connectivity index (χ3v) is 4.96. The van der Waals surface area contributed by atoms with E-state index < -0.39 is 0 Å². The van der Waals surface area contributed by atoms with Crippen LogP contribution in [0.5, 0.6) is 5.75 Å². The number of aryl methyl sites for hydroxylation is 2. The standard InChI is InChI=1S/C24H27NO3/c1-6-27-23-17(4)24-21(16(3)14-28-24)13-20(23)15(2)12-22(26)25-18(5)19-10-8-7-9-11-19/h7-14,18H,6H2,1-5H3,(H,25,26)/b15-12+. The molecule has 1 aromatic heterocycles. The predicted octanol–water partition coefficient (Wildman–Crippen LogP) is 5.73. The van der Waals surface area contributed by atoms with Gasteiger partial charge in [-0.3, -0.25) is 4.79 Å². The summed E-state index contributed by atoms with van der Waals surface area (Å²) in [6.45, 7) is 10.4. The topological polar surface area (TPSA) is 51.5 Å². The summed E-state index contributed by atoms with van der Waals surface area (Å²) in [5.74, 6) is 0.639. The fourth-order valence-corrected chi connectivity index (χ4v) is 3.42. The third-order valence-electron chi connectivity index (χ3n) is 4.96. The van der Waals surface area contributed by atoms with E-state index in [4.69, 9.17) is 9.15 Å². The van der Waals surface area contributed by atoms with Crippen LogP contribution in [-0.2, 0) is 4.79 Å². The molecule has 0 aliphatic carbocycles. The second-order valence-electron chi connectivity index (χ2n) is 7.07. The first-order chi connectivity index (χ1) is 13.4. The number of allylic oxidation sites excluding steroid dienone is 1. The normalized spacial score (nSPS) is 12.8. The maximum absolute atomic E-state index is 12.6. The van der Waals surface area contributed by atoms with Gasteiger partial charge in [0.1, 0.15) is 11.3 Å². The lowest BCUT2D eigenvalue weighted by molar-refractivity contribution is -0.117. The monoisotopic (exact) mass is 377 g/mol. The quantitative estimate of drug-likeness (QED) is 0.558. The Balaban J connectivity index is 1.93. The molecule has 0 saturated heterocycles. The van der Waals surface area contributed by atoms with E-state index in [1.807, 2.05) is 71.0 Å². The molecule has 1 N–H and O–H groups in total. The molecular weight excluding hydrogens is 350 g/mol. The molecule has 0 fully saturated rings. The van der Waals surface area contributed by atoms with Crippen molar-refractivity contribution in [1.29, 1.82) is 0 Å². The number of benzene rings is 2. The zero-order valence-electron chi connectivity index (χ0n) is 17.1. The summed E-state index contributed by atoms with van der Waals surface area (Å²) in [6.07, 6.45) is 3.39. The Morgan fingerprint density at radius 3 is 2.64 bits per heavy atom. The maximum atomic E-state index is 12.6. The van der Waals surface area contributed by atoms with Gasteiger partial charge in [-0.2, -0.15) is 0 Å². The van der Waals surface area contributed by atoms with Crippen molar-refractivity contribution in [3.05, 3.63) is 71.0 Å². The maximum Gasteiger partial charge on any atom is 0.244 e. The number of furan rings is 1. The molecule has 0 aliphatic rings. The van der Waals surface area contributed by atoms with Crippen molar-refractivity contribution in [2.45, 2.75) is 40.7 Å². The Kier molecular flexibility index (Phi) is 5.88. The Hall–Kier alpha value is -3.01. The highest BCUT2D eigenvalue weighted by molar-refractivity contribution is 5.98. The Bertz CT molecular complexity index is 1020. The van der Waals surface area contributed by atoms with Gasteiger partial charge in [0.2, 0.25) is 5.91 Å². The van der Waals surface area contributed by atoms with Crippen LogP contribution in [0.1, 0.15) is 49.1 Å². The van der Waals surface area contributed by atoms with Crippen molar-refractivity contribution in [3.63, 3.8) is 0 Å². The molecule has 146 valence electrons. The fourth-order valence-electron chi connectivity index (χ4n) is 3.42. The van der Waals surface area contributed by atoms with E-state index in [2.05, 4.69) is 5.32 Å². The van der Waals surface area contributed by atoms with E-state index in [0.717, 1.165) is 44.5 Å². The van der Waals surface area contributed by atoms with Crippen LogP contribution in [-0.4, -0.2) is 12.5 Å². The van der Waals surface area contributed by atoms with Crippen molar-refractivity contribution < 1.29 is 13.9 Å². The first-order valence-electron chi connectivity index (χ1n) is 9.60. The summed E-state index contributed by atoms with van der Waals surface area (Å²) in [5.41, 5.74) is 5.69. The molecule has 2 aromatic carbocycles. The van der Waals surface area contributed by atoms with Crippen LogP contribution in [0.3, 0.4) is 0 Å². The molecule has 0 aliphatic heterocycles. The number of carbonyl (C=O) groups excluding carboxylic acids is 1. The van der Waals surface area contributed by atoms with Crippen LogP contribution in [0.15, 0.2) is 53.2 Å². The lowest BCUT2D eigenvalue weighted by Gasteiger charge is -2.16. The highest BCUT2D eigenvalue weighted by Gasteiger charge is 2.17. The number of amides is 1. The van der Waals surface area contributed by atoms with E-state index >= 15 is 0 Å². The first-order valence-corrected chi connectivity index (χ1v) is 9.60. The highest BCUT2D eigenvalue weighted by Crippen LogP contribution is 2.37. The third kappa shape index (κ3) is 3.96. The molecule has 0 spiro atoms. The Morgan fingerprint density at radius 1 is 1.25 bits per heavy atom. The zero-order valence-corrected chi connectivity index (χ0v) is 17.1. The van der Waals surface area contributed by atoms with Gasteiger partial charge >= 0.3 is 0 Å². The molecule has 28 heavy (non-hydrogen) atoms. The summed E-state index contributed by atoms with van der Waals surface area (Å²) < 4.78 is 11.6. The van der Waals surface area contributed by atoms with Crippen molar-refractivity contribution in [3.8, 4) is 5.75 Å². The van der Waals surface area contributed by atoms with Crippen LogP contribution < -0.4 is 10.1 Å². The van der Waals surface area contributed by atoms with Gasteiger partial charge in [0.15, 0.2) is 0 Å². The van der Waals surface area contributed by atoms with Gasteiger partial charge in [-0.15, -0.1) is 0 Å². The molecule has 1 amide bonds. The van der Waals surface area contributed by atoms with Gasteiger partial charge in [0, 0.05) is 22.6 Å². The van der Waals surface area contributed by atoms with E-state index in [9.17, 15) is 4.79 Å². The summed E-state index contributed by atoms with van der Waals surface area (Å²) >= 11 is 0. The van der Waals surface area contributed by atoms with E-state index in [-0.39, 0.29) is 11.9 Å². The van der Waals surface area contributed by atoms with Crippen LogP contribution in [0.25, 0.3) is 16.5 Å². The van der Waals surface area contributed by atoms with Gasteiger partial charge in [0.25, 0.3) is 0 Å². The number of hydrogen-bond donors (Lipinski definition) is 1. The largest absolute Gasteiger partial charge is 0.493 e. The second kappa shape index (κ2) is 8.34. The zero-order chi connectivity index (χ0) is 20.3. The van der Waals surface area contributed by atoms with Crippen molar-refractivity contribution >= 4 is 22.4 Å². The SMILES string of the molecule is CCOc1c(/C(C)=C/C(=O)NC(C)c2ccccc2)cc2c(C)coc2c1C. The first kappa shape index (κ1) is 19.7. The van der Waals surface area contributed by atoms with Crippen LogP contribution >= 0.6 is 0 Å². The smallest absolute Gasteiger partial charge is 0.244 e. The Labute approximate surface area is 166 Å². The summed E-state index contributed by atoms with van der Waals surface area (Å²) in [7, 11) is 0. The number of fused-ring (bicyclic) bond motifs is 1. The van der Waals surface area contributed by atoms with Gasteiger partial charge in [-0.25, -0.2) is 0 Å². The lowest BCUT2D eigenvalue weighted by atomic mass is 9.98. The molecule has 4 heteroatoms. The predicted molar refractivity (Wildman–Crippen MR) is 114 cm³/mol. The van der Waals surface area contributed by atoms with Crippen LogP contribution in [0, 0.1) is 13.8 Å². The number of ether oxygens (including phenoxy) is 1. The number of hydrogen-bond acceptors (Lipinski definition) is 3. The number of carbonyl (C=O) groups is 1. The molecule has 3 aromatic rings. The Morgan fingerprint density at radius 2 is 1.96 bits per heavy atom. The molecule has 3 rings (SSSR count). The van der Waals surface area contributed by atoms with Gasteiger partial charge in [-0.1, -0.05) is 30.3 Å². The molecule has 0 saturated carbocycles. The van der Waals surface area contributed by atoms with E-state index in [0.29, 0.717) is 6.61 Å². The summed E-state index contributed by atoms with van der Waals surface area (Å²) in [6, 6.07) is 11.9. The minimum absolute atomic E-state index is 0.0653.